The van der Waals surface area contributed by atoms with Crippen molar-refractivity contribution in [3.63, 3.8) is 0 Å². The number of aromatic amines is 1. The van der Waals surface area contributed by atoms with Crippen LogP contribution in [0, 0.1) is 0 Å². The quantitative estimate of drug-likeness (QED) is 0.104. The van der Waals surface area contributed by atoms with Crippen LogP contribution < -0.4 is 17.0 Å². The van der Waals surface area contributed by atoms with Gasteiger partial charge in [0.15, 0.2) is 35.0 Å². The third kappa shape index (κ3) is 5.96. The van der Waals surface area contributed by atoms with Gasteiger partial charge < -0.3 is 40.4 Å². The number of imidazole rings is 2. The molecule has 47 heavy (non-hydrogen) atoms. The van der Waals surface area contributed by atoms with Crippen molar-refractivity contribution in [3.05, 3.63) is 40.7 Å². The first-order valence-corrected chi connectivity index (χ1v) is 18.4. The average molecular weight is 733 g/mol. The maximum atomic E-state index is 13.5. The second-order valence-electron chi connectivity index (χ2n) is 10.4. The van der Waals surface area contributed by atoms with Crippen molar-refractivity contribution in [2.75, 3.05) is 30.4 Å². The minimum absolute atomic E-state index is 0.0102. The van der Waals surface area contributed by atoms with E-state index in [0.29, 0.717) is 5.57 Å². The summed E-state index contributed by atoms with van der Waals surface area (Å²) >= 11 is 9.58. The van der Waals surface area contributed by atoms with Crippen LogP contribution in [0.3, 0.4) is 0 Å². The Morgan fingerprint density at radius 2 is 1.81 bits per heavy atom. The Labute approximate surface area is 273 Å². The highest BCUT2D eigenvalue weighted by molar-refractivity contribution is 8.07. The van der Waals surface area contributed by atoms with Crippen molar-refractivity contribution in [1.82, 2.24) is 39.0 Å². The number of nitrogens with two attached hydrogens (primary N) is 2. The van der Waals surface area contributed by atoms with Crippen LogP contribution in [0.1, 0.15) is 18.9 Å². The highest BCUT2D eigenvalue weighted by Gasteiger charge is 2.51. The molecule has 0 spiro atoms. The number of anilines is 2. The number of aliphatic hydroxyl groups is 1. The minimum atomic E-state index is -4.98. The van der Waals surface area contributed by atoms with Gasteiger partial charge in [0.2, 0.25) is 12.2 Å². The van der Waals surface area contributed by atoms with Gasteiger partial charge in [-0.05, 0) is 24.0 Å². The topological polar surface area (TPSA) is 292 Å². The number of H-pyrrole nitrogens is 1. The van der Waals surface area contributed by atoms with Crippen molar-refractivity contribution in [3.8, 4) is 0 Å². The Morgan fingerprint density at radius 1 is 1.06 bits per heavy atom. The second-order valence-corrected chi connectivity index (χ2v) is 15.1. The summed E-state index contributed by atoms with van der Waals surface area (Å²) in [4.78, 5) is 57.3. The molecule has 5 unspecified atom stereocenters. The fraction of sp³-hybridized carbons (Fsp3) is 0.455. The molecular formula is C22H26N10O11P2S2. The number of aliphatic hydroxyl groups excluding tert-OH is 1. The maximum absolute atomic E-state index is 13.5. The van der Waals surface area contributed by atoms with E-state index in [-0.39, 0.29) is 52.0 Å². The predicted octanol–water partition coefficient (Wildman–Crippen LogP) is -0.381. The van der Waals surface area contributed by atoms with Crippen LogP contribution in [0.2, 0.25) is 0 Å². The van der Waals surface area contributed by atoms with E-state index in [1.165, 1.54) is 28.1 Å². The van der Waals surface area contributed by atoms with Crippen LogP contribution >= 0.6 is 27.2 Å². The van der Waals surface area contributed by atoms with E-state index in [9.17, 15) is 24.3 Å². The fourth-order valence-corrected chi connectivity index (χ4v) is 8.05. The number of nitrogen functional groups attached to an aromatic ring is 2. The number of phosphoric acid groups is 1. The standard InChI is InChI=1S/C22H26N10O11P2S2/c23-16-11-17(26-5-25-16)31(6-27-11)20-13(33)15-10(41-20)4-38-44(35,36)42-14-8(1-2-46)9(3-39-45(37,47)43-15)40-21(14)32-7-28-12-18(32)29-22(24)30-19(12)34/h5-7,10,13-15,20-21,33,46H,1-4H2,(H,35,36)(H,37,47)(H2,23,25,26)(H3,24,29,30,34)/t10-,13?,14?,15?,20-,21-,45?/m1/s1. The van der Waals surface area contributed by atoms with Gasteiger partial charge in [0.1, 0.15) is 48.8 Å². The number of nitrogens with zero attached hydrogens (tertiary/aromatic N) is 7. The first-order valence-electron chi connectivity index (χ1n) is 13.7. The number of rotatable bonds is 4. The van der Waals surface area contributed by atoms with Crippen LogP contribution in [-0.4, -0.2) is 97.3 Å². The highest BCUT2D eigenvalue weighted by atomic mass is 32.5. The van der Waals surface area contributed by atoms with Gasteiger partial charge in [0, 0.05) is 5.57 Å². The molecule has 0 aliphatic carbocycles. The number of phosphoric ester groups is 1. The number of aromatic nitrogens is 8. The lowest BCUT2D eigenvalue weighted by Crippen LogP contribution is -2.36. The SMILES string of the molecule is Nc1nc2c(ncn2[C@@H]2OC3=C(CCS)C2OP(=O)(O)OC[C@H]2O[C@@H](n4cnc5c(N)ncnc54)C(O)C2OP(O)(=S)OC3)c(=O)[nH]1. The van der Waals surface area contributed by atoms with Crippen molar-refractivity contribution in [2.24, 2.45) is 0 Å². The van der Waals surface area contributed by atoms with Crippen molar-refractivity contribution < 1.29 is 47.0 Å². The Bertz CT molecular complexity index is 2060. The monoisotopic (exact) mass is 732 g/mol. The van der Waals surface area contributed by atoms with Gasteiger partial charge in [0.05, 0.1) is 12.9 Å². The fourth-order valence-electron chi connectivity index (χ4n) is 5.53. The lowest BCUT2D eigenvalue weighted by atomic mass is 10.1. The Hall–Kier alpha value is -3.05. The highest BCUT2D eigenvalue weighted by Crippen LogP contribution is 2.55. The molecule has 21 nitrogen and oxygen atoms in total. The van der Waals surface area contributed by atoms with Gasteiger partial charge in [0.25, 0.3) is 5.56 Å². The Kier molecular flexibility index (Phi) is 8.38. The zero-order valence-corrected chi connectivity index (χ0v) is 27.2. The third-order valence-electron chi connectivity index (χ3n) is 7.56. The minimum Gasteiger partial charge on any atom is -0.469 e. The lowest BCUT2D eigenvalue weighted by Gasteiger charge is -2.27. The predicted molar refractivity (Wildman–Crippen MR) is 166 cm³/mol. The van der Waals surface area contributed by atoms with Gasteiger partial charge in [-0.1, -0.05) is 0 Å². The third-order valence-corrected chi connectivity index (χ3v) is 10.3. The summed E-state index contributed by atoms with van der Waals surface area (Å²) in [6, 6.07) is 0. The molecule has 0 saturated carbocycles. The molecule has 3 aliphatic rings. The first-order chi connectivity index (χ1) is 22.4. The molecule has 7 rings (SSSR count). The van der Waals surface area contributed by atoms with Crippen LogP contribution in [0.5, 0.6) is 0 Å². The summed E-state index contributed by atoms with van der Waals surface area (Å²) in [6.45, 7) is -5.38. The number of hydrogen-bond donors (Lipinski definition) is 7. The van der Waals surface area contributed by atoms with Gasteiger partial charge in [-0.25, -0.2) is 24.5 Å². The summed E-state index contributed by atoms with van der Waals surface area (Å²) < 4.78 is 50.7. The van der Waals surface area contributed by atoms with Crippen LogP contribution in [0.4, 0.5) is 11.8 Å². The van der Waals surface area contributed by atoms with E-state index in [2.05, 4.69) is 42.5 Å². The number of hydrogen-bond acceptors (Lipinski definition) is 18. The van der Waals surface area contributed by atoms with Gasteiger partial charge >= 0.3 is 14.5 Å². The van der Waals surface area contributed by atoms with Gasteiger partial charge in [-0.2, -0.15) is 17.6 Å². The first kappa shape index (κ1) is 32.5. The molecule has 8 atom stereocenters. The van der Waals surface area contributed by atoms with E-state index in [1.54, 1.807) is 0 Å². The smallest absolute Gasteiger partial charge is 0.469 e. The largest absolute Gasteiger partial charge is 0.473 e. The van der Waals surface area contributed by atoms with Crippen LogP contribution in [0.25, 0.3) is 22.3 Å². The molecule has 25 heteroatoms. The number of fused-ring (bicyclic) bond motifs is 4. The summed E-state index contributed by atoms with van der Waals surface area (Å²) in [7, 11) is -4.98. The van der Waals surface area contributed by atoms with E-state index >= 15 is 0 Å². The number of ether oxygens (including phenoxy) is 2. The average Bonchev–Trinajstić information content (AvgIpc) is 3.76. The molecule has 4 aromatic heterocycles. The zero-order chi connectivity index (χ0) is 33.2. The number of thiol groups is 1. The Balaban J connectivity index is 1.24. The summed E-state index contributed by atoms with van der Waals surface area (Å²) in [5, 5.41) is 11.3. The molecule has 8 N–H and O–H groups in total. The molecule has 1 saturated heterocycles. The summed E-state index contributed by atoms with van der Waals surface area (Å²) in [6.07, 6.45) is -4.29. The molecular weight excluding hydrogens is 706 g/mol. The van der Waals surface area contributed by atoms with Crippen LogP contribution in [-0.2, 0) is 43.9 Å². The molecule has 0 radical (unpaired) electrons. The second kappa shape index (κ2) is 12.1. The van der Waals surface area contributed by atoms with E-state index in [4.69, 9.17) is 50.8 Å². The Morgan fingerprint density at radius 3 is 2.57 bits per heavy atom. The molecule has 252 valence electrons. The molecule has 1 fully saturated rings. The van der Waals surface area contributed by atoms with E-state index in [0.717, 1.165) is 0 Å². The zero-order valence-electron chi connectivity index (χ0n) is 23.7. The lowest BCUT2D eigenvalue weighted by molar-refractivity contribution is -0.0565. The summed E-state index contributed by atoms with van der Waals surface area (Å²) in [5.74, 6) is 0.155. The molecule has 2 bridgehead atoms. The molecule has 3 aliphatic heterocycles. The van der Waals surface area contributed by atoms with Crippen molar-refractivity contribution >= 4 is 73.1 Å². The van der Waals surface area contributed by atoms with E-state index < -0.39 is 70.2 Å². The van der Waals surface area contributed by atoms with Gasteiger partial charge in [-0.3, -0.25) is 32.5 Å². The molecule has 4 aromatic rings. The van der Waals surface area contributed by atoms with Crippen molar-refractivity contribution in [2.45, 2.75) is 43.3 Å². The van der Waals surface area contributed by atoms with Gasteiger partial charge in [-0.15, -0.1) is 0 Å². The molecule has 7 heterocycles. The molecule has 0 aromatic carbocycles. The van der Waals surface area contributed by atoms with Crippen molar-refractivity contribution in [1.29, 1.82) is 0 Å². The van der Waals surface area contributed by atoms with Crippen LogP contribution in [0.15, 0.2) is 35.1 Å². The summed E-state index contributed by atoms with van der Waals surface area (Å²) in [5.41, 5.74) is 11.7. The normalized spacial score (nSPS) is 33.4. The van der Waals surface area contributed by atoms with E-state index in [1.807, 2.05) is 0 Å². The molecule has 0 amide bonds. The number of nitrogens with one attached hydrogen (secondary N) is 1. The maximum Gasteiger partial charge on any atom is 0.473 e.